The summed E-state index contributed by atoms with van der Waals surface area (Å²) in [5, 5.41) is 0. The second-order valence-corrected chi connectivity index (χ2v) is 9.91. The van der Waals surface area contributed by atoms with Gasteiger partial charge in [-0.05, 0) is 80.1 Å². The van der Waals surface area contributed by atoms with Crippen molar-refractivity contribution in [1.82, 2.24) is 0 Å². The molecule has 0 aromatic carbocycles. The summed E-state index contributed by atoms with van der Waals surface area (Å²) >= 11 is 0. The Kier molecular flexibility index (Phi) is 3.73. The van der Waals surface area contributed by atoms with Crippen molar-refractivity contribution in [2.75, 3.05) is 0 Å². The Balaban J connectivity index is 1.12. The van der Waals surface area contributed by atoms with Gasteiger partial charge in [0.25, 0.3) is 0 Å². The fraction of sp³-hybridized carbons (Fsp3) is 1.00. The van der Waals surface area contributed by atoms with Gasteiger partial charge in [0.05, 0.1) is 46.8 Å². The second-order valence-electron chi connectivity index (χ2n) is 9.91. The van der Waals surface area contributed by atoms with Crippen LogP contribution in [0.3, 0.4) is 0 Å². The Labute approximate surface area is 146 Å². The summed E-state index contributed by atoms with van der Waals surface area (Å²) in [6.07, 6.45) is 8.41. The van der Waals surface area contributed by atoms with Gasteiger partial charge in [-0.1, -0.05) is 0 Å². The van der Waals surface area contributed by atoms with E-state index in [4.69, 9.17) is 18.9 Å². The van der Waals surface area contributed by atoms with E-state index in [1.165, 1.54) is 0 Å². The molecule has 0 aliphatic carbocycles. The molecule has 4 nitrogen and oxygen atoms in total. The monoisotopic (exact) mass is 338 g/mol. The zero-order valence-corrected chi connectivity index (χ0v) is 16.2. The average molecular weight is 338 g/mol. The van der Waals surface area contributed by atoms with Crippen molar-refractivity contribution in [3.05, 3.63) is 0 Å². The lowest BCUT2D eigenvalue weighted by Gasteiger charge is -2.06. The fourth-order valence-corrected chi connectivity index (χ4v) is 4.37. The Hall–Kier alpha value is -0.160. The van der Waals surface area contributed by atoms with Gasteiger partial charge in [0.2, 0.25) is 0 Å². The zero-order valence-electron chi connectivity index (χ0n) is 16.2. The molecule has 138 valence electrons. The van der Waals surface area contributed by atoms with Crippen LogP contribution in [0.2, 0.25) is 0 Å². The van der Waals surface area contributed by atoms with Gasteiger partial charge in [0, 0.05) is 0 Å². The summed E-state index contributed by atoms with van der Waals surface area (Å²) in [6.45, 7) is 13.2. The zero-order chi connectivity index (χ0) is 17.4. The van der Waals surface area contributed by atoms with Gasteiger partial charge in [-0.2, -0.15) is 0 Å². The number of rotatable bonds is 9. The largest absolute Gasteiger partial charge is 0.367 e. The number of hydrogen-bond donors (Lipinski definition) is 0. The summed E-state index contributed by atoms with van der Waals surface area (Å²) < 4.78 is 23.4. The van der Waals surface area contributed by atoms with E-state index in [0.717, 1.165) is 38.5 Å². The van der Waals surface area contributed by atoms with E-state index < -0.39 is 0 Å². The van der Waals surface area contributed by atoms with E-state index in [1.54, 1.807) is 0 Å². The smallest absolute Gasteiger partial charge is 0.0921 e. The first-order chi connectivity index (χ1) is 11.0. The first kappa shape index (κ1) is 17.3. The minimum absolute atomic E-state index is 0.0825. The third-order valence-electron chi connectivity index (χ3n) is 6.90. The van der Waals surface area contributed by atoms with Gasteiger partial charge in [0.15, 0.2) is 0 Å². The molecule has 4 aliphatic rings. The van der Waals surface area contributed by atoms with E-state index in [2.05, 4.69) is 41.5 Å². The van der Waals surface area contributed by atoms with Gasteiger partial charge in [-0.25, -0.2) is 0 Å². The predicted octanol–water partition coefficient (Wildman–Crippen LogP) is 4.00. The summed E-state index contributed by atoms with van der Waals surface area (Å²) in [5.41, 5.74) is 0.368. The molecule has 4 fully saturated rings. The molecule has 0 unspecified atom stereocenters. The van der Waals surface area contributed by atoms with Crippen molar-refractivity contribution < 1.29 is 18.9 Å². The van der Waals surface area contributed by atoms with E-state index >= 15 is 0 Å². The van der Waals surface area contributed by atoms with Crippen molar-refractivity contribution in [3.63, 3.8) is 0 Å². The Morgan fingerprint density at radius 2 is 0.833 bits per heavy atom. The van der Waals surface area contributed by atoms with Crippen molar-refractivity contribution in [1.29, 1.82) is 0 Å². The molecule has 4 heteroatoms. The molecule has 0 bridgehead atoms. The Morgan fingerprint density at radius 1 is 0.500 bits per heavy atom. The van der Waals surface area contributed by atoms with Crippen LogP contribution in [-0.4, -0.2) is 46.8 Å². The van der Waals surface area contributed by atoms with Crippen LogP contribution in [0.15, 0.2) is 0 Å². The maximum atomic E-state index is 6.00. The molecule has 0 aromatic heterocycles. The molecule has 0 aromatic rings. The second kappa shape index (κ2) is 5.18. The lowest BCUT2D eigenvalue weighted by Crippen LogP contribution is -2.15. The van der Waals surface area contributed by atoms with E-state index in [-0.39, 0.29) is 22.4 Å². The standard InChI is InChI=1S/C20H34O4/c1-17(2)13(21-17)9-11-19(5)15(23-19)7-8-16-20(6,24-16)12-10-14-18(3,4)22-14/h13-16H,7-12H2,1-6H3/t13-,14-,15+,16+,19+,20+/m1/s1. The highest BCUT2D eigenvalue weighted by Crippen LogP contribution is 2.50. The molecule has 4 saturated heterocycles. The predicted molar refractivity (Wildman–Crippen MR) is 92.2 cm³/mol. The van der Waals surface area contributed by atoms with Crippen LogP contribution in [0.4, 0.5) is 0 Å². The molecule has 0 N–H and O–H groups in total. The first-order valence-corrected chi connectivity index (χ1v) is 9.75. The maximum Gasteiger partial charge on any atom is 0.0921 e. The molecule has 6 atom stereocenters. The van der Waals surface area contributed by atoms with Crippen molar-refractivity contribution in [3.8, 4) is 0 Å². The van der Waals surface area contributed by atoms with Crippen LogP contribution in [0.5, 0.6) is 0 Å². The average Bonchev–Trinajstić information content (AvgIpc) is 3.39. The van der Waals surface area contributed by atoms with E-state index in [0.29, 0.717) is 24.4 Å². The molecule has 0 amide bonds. The highest BCUT2D eigenvalue weighted by Gasteiger charge is 2.58. The normalized spacial score (nSPS) is 49.8. The van der Waals surface area contributed by atoms with Gasteiger partial charge >= 0.3 is 0 Å². The molecule has 0 spiro atoms. The molecule has 0 saturated carbocycles. The quantitative estimate of drug-likeness (QED) is 0.596. The summed E-state index contributed by atoms with van der Waals surface area (Å²) in [7, 11) is 0. The van der Waals surface area contributed by atoms with E-state index in [1.807, 2.05) is 0 Å². The van der Waals surface area contributed by atoms with Gasteiger partial charge in [-0.3, -0.25) is 0 Å². The maximum absolute atomic E-state index is 6.00. The van der Waals surface area contributed by atoms with Crippen LogP contribution in [0.25, 0.3) is 0 Å². The third kappa shape index (κ3) is 3.40. The Morgan fingerprint density at radius 3 is 1.12 bits per heavy atom. The van der Waals surface area contributed by atoms with Crippen LogP contribution >= 0.6 is 0 Å². The fourth-order valence-electron chi connectivity index (χ4n) is 4.37. The lowest BCUT2D eigenvalue weighted by molar-refractivity contribution is 0.268. The number of hydrogen-bond acceptors (Lipinski definition) is 4. The summed E-state index contributed by atoms with van der Waals surface area (Å²) in [4.78, 5) is 0. The number of ether oxygens (including phenoxy) is 4. The Bertz CT molecular complexity index is 470. The van der Waals surface area contributed by atoms with Crippen molar-refractivity contribution in [2.24, 2.45) is 0 Å². The van der Waals surface area contributed by atoms with Gasteiger partial charge in [-0.15, -0.1) is 0 Å². The molecule has 24 heavy (non-hydrogen) atoms. The summed E-state index contributed by atoms with van der Waals surface area (Å²) in [5.74, 6) is 0. The highest BCUT2D eigenvalue weighted by molar-refractivity contribution is 5.06. The van der Waals surface area contributed by atoms with Crippen molar-refractivity contribution in [2.45, 2.75) is 127 Å². The third-order valence-corrected chi connectivity index (χ3v) is 6.90. The highest BCUT2D eigenvalue weighted by atomic mass is 16.6. The SMILES string of the molecule is CC1(C)O[C@@H]1CC[C@]1(C)O[C@H]1CC[C@@H]1O[C@@]1(C)CC[C@H]1OC1(C)C. The molecular formula is C20H34O4. The summed E-state index contributed by atoms with van der Waals surface area (Å²) in [6, 6.07) is 0. The van der Waals surface area contributed by atoms with Crippen LogP contribution in [-0.2, 0) is 18.9 Å². The first-order valence-electron chi connectivity index (χ1n) is 9.75. The van der Waals surface area contributed by atoms with Gasteiger partial charge < -0.3 is 18.9 Å². The molecule has 4 aliphatic heterocycles. The van der Waals surface area contributed by atoms with Crippen LogP contribution < -0.4 is 0 Å². The van der Waals surface area contributed by atoms with Crippen LogP contribution in [0.1, 0.15) is 80.1 Å². The molecular weight excluding hydrogens is 304 g/mol. The molecule has 4 rings (SSSR count). The topological polar surface area (TPSA) is 50.1 Å². The van der Waals surface area contributed by atoms with Crippen molar-refractivity contribution >= 4 is 0 Å². The van der Waals surface area contributed by atoms with Crippen LogP contribution in [0, 0.1) is 0 Å². The van der Waals surface area contributed by atoms with E-state index in [9.17, 15) is 0 Å². The molecule has 0 radical (unpaired) electrons. The lowest BCUT2D eigenvalue weighted by atomic mass is 9.92. The minimum Gasteiger partial charge on any atom is -0.367 e. The van der Waals surface area contributed by atoms with Gasteiger partial charge in [0.1, 0.15) is 0 Å². The molecule has 4 heterocycles. The minimum atomic E-state index is 0.0825. The number of epoxide rings is 4.